The van der Waals surface area contributed by atoms with Crippen molar-refractivity contribution in [3.63, 3.8) is 0 Å². The number of aromatic nitrogens is 3. The van der Waals surface area contributed by atoms with E-state index in [1.165, 1.54) is 0 Å². The predicted octanol–water partition coefficient (Wildman–Crippen LogP) is 4.93. The van der Waals surface area contributed by atoms with E-state index in [9.17, 15) is 4.79 Å². The number of hydrogen-bond acceptors (Lipinski definition) is 7. The highest BCUT2D eigenvalue weighted by molar-refractivity contribution is 7.80. The number of rotatable bonds is 9. The van der Waals surface area contributed by atoms with Crippen LogP contribution in [-0.4, -0.2) is 39.3 Å². The van der Waals surface area contributed by atoms with E-state index in [2.05, 4.69) is 75.3 Å². The normalized spacial score (nSPS) is 16.5. The number of amides is 1. The molecule has 178 valence electrons. The average Bonchev–Trinajstić information content (AvgIpc) is 3.54. The van der Waals surface area contributed by atoms with Gasteiger partial charge in [0.15, 0.2) is 10.3 Å². The van der Waals surface area contributed by atoms with Crippen molar-refractivity contribution in [2.75, 3.05) is 22.1 Å². The van der Waals surface area contributed by atoms with Crippen LogP contribution in [0.25, 0.3) is 5.69 Å². The van der Waals surface area contributed by atoms with Crippen molar-refractivity contribution >= 4 is 48.2 Å². The zero-order valence-electron chi connectivity index (χ0n) is 19.0. The van der Waals surface area contributed by atoms with Crippen LogP contribution in [0.15, 0.2) is 95.2 Å². The van der Waals surface area contributed by atoms with Gasteiger partial charge in [0.1, 0.15) is 0 Å². The maximum Gasteiger partial charge on any atom is 0.226 e. The topological polar surface area (TPSA) is 75.1 Å². The van der Waals surface area contributed by atoms with Crippen molar-refractivity contribution in [1.29, 1.82) is 0 Å². The number of carbonyl (C=O) groups excluding carboxylic acids is 1. The molecule has 0 aliphatic heterocycles. The molecule has 1 unspecified atom stereocenters. The number of carbonyl (C=O) groups is 1. The molecule has 4 aromatic rings. The van der Waals surface area contributed by atoms with E-state index in [-0.39, 0.29) is 5.91 Å². The van der Waals surface area contributed by atoms with Crippen LogP contribution >= 0.6 is 25.3 Å². The van der Waals surface area contributed by atoms with Gasteiger partial charge in [-0.05, 0) is 48.9 Å². The minimum atomic E-state index is -0.0442. The summed E-state index contributed by atoms with van der Waals surface area (Å²) in [6.07, 6.45) is 1.40. The van der Waals surface area contributed by atoms with Gasteiger partial charge in [0.25, 0.3) is 0 Å². The Balaban J connectivity index is 1.23. The van der Waals surface area contributed by atoms with Crippen LogP contribution in [0.2, 0.25) is 0 Å². The molecule has 9 heteroatoms. The van der Waals surface area contributed by atoms with Gasteiger partial charge in [0.2, 0.25) is 5.91 Å². The fraction of sp³-hybridized carbons (Fsp3) is 0.192. The molecular formula is C26H26N6OS2. The lowest BCUT2D eigenvalue weighted by atomic mass is 10.2. The molecule has 2 N–H and O–H groups in total. The van der Waals surface area contributed by atoms with Crippen LogP contribution in [0.5, 0.6) is 0 Å². The number of benzene rings is 3. The molecule has 1 aliphatic carbocycles. The molecule has 1 fully saturated rings. The quantitative estimate of drug-likeness (QED) is 0.244. The standard InChI is InChI=1S/C26H26N6OS2/c33-24(28-19-10-7-13-21(16-19)32-25(34)29-30-26(32)35)14-15-31(20-11-5-2-6-12-20)23-17-22(23)27-18-8-3-1-4-9-18/h1-13,16,22-23,27H,14-15,17H2,(H,28,33)(H,29,34)(H,30,35)/t22-,23?/m1/s1. The number of nitrogens with one attached hydrogen (secondary N) is 2. The summed E-state index contributed by atoms with van der Waals surface area (Å²) in [4.78, 5) is 15.2. The molecule has 5 rings (SSSR count). The molecule has 0 radical (unpaired) electrons. The third-order valence-corrected chi connectivity index (χ3v) is 6.55. The minimum absolute atomic E-state index is 0.0442. The van der Waals surface area contributed by atoms with Crippen molar-refractivity contribution in [1.82, 2.24) is 14.8 Å². The fourth-order valence-corrected chi connectivity index (χ4v) is 4.79. The SMILES string of the molecule is O=C(CCN(c1ccccc1)C1C[C@H]1Nc1ccccc1)Nc1cccc(-n2c(S)nnc2S)c1. The van der Waals surface area contributed by atoms with E-state index in [4.69, 9.17) is 0 Å². The summed E-state index contributed by atoms with van der Waals surface area (Å²) in [5.74, 6) is -0.0442. The van der Waals surface area contributed by atoms with Crippen molar-refractivity contribution in [2.24, 2.45) is 0 Å². The van der Waals surface area contributed by atoms with Crippen LogP contribution in [0.3, 0.4) is 0 Å². The van der Waals surface area contributed by atoms with E-state index in [1.54, 1.807) is 4.57 Å². The Bertz CT molecular complexity index is 1280. The summed E-state index contributed by atoms with van der Waals surface area (Å²) in [7, 11) is 0. The van der Waals surface area contributed by atoms with Crippen molar-refractivity contribution < 1.29 is 4.79 Å². The van der Waals surface area contributed by atoms with E-state index < -0.39 is 0 Å². The minimum Gasteiger partial charge on any atom is -0.380 e. The molecule has 1 saturated carbocycles. The molecule has 0 spiro atoms. The smallest absolute Gasteiger partial charge is 0.226 e. The Labute approximate surface area is 215 Å². The second kappa shape index (κ2) is 10.5. The number of anilines is 3. The van der Waals surface area contributed by atoms with Gasteiger partial charge in [-0.15, -0.1) is 35.5 Å². The van der Waals surface area contributed by atoms with E-state index in [1.807, 2.05) is 60.7 Å². The van der Waals surface area contributed by atoms with E-state index in [0.29, 0.717) is 41.0 Å². The molecule has 2 atom stereocenters. The van der Waals surface area contributed by atoms with Gasteiger partial charge in [-0.1, -0.05) is 42.5 Å². The number of para-hydroxylation sites is 2. The lowest BCUT2D eigenvalue weighted by Gasteiger charge is -2.25. The predicted molar refractivity (Wildman–Crippen MR) is 145 cm³/mol. The number of thiol groups is 2. The Hall–Kier alpha value is -3.43. The fourth-order valence-electron chi connectivity index (χ4n) is 4.20. The summed E-state index contributed by atoms with van der Waals surface area (Å²) in [5.41, 5.74) is 3.72. The van der Waals surface area contributed by atoms with Gasteiger partial charge in [0.05, 0.1) is 11.7 Å². The molecule has 1 amide bonds. The van der Waals surface area contributed by atoms with Gasteiger partial charge >= 0.3 is 0 Å². The Morgan fingerprint density at radius 3 is 2.29 bits per heavy atom. The summed E-state index contributed by atoms with van der Waals surface area (Å²) in [5, 5.41) is 15.3. The van der Waals surface area contributed by atoms with Gasteiger partial charge in [-0.25, -0.2) is 0 Å². The van der Waals surface area contributed by atoms with Crippen LogP contribution in [0.1, 0.15) is 12.8 Å². The number of nitrogens with zero attached hydrogens (tertiary/aromatic N) is 4. The third-order valence-electron chi connectivity index (χ3n) is 5.97. The highest BCUT2D eigenvalue weighted by atomic mass is 32.1. The van der Waals surface area contributed by atoms with Crippen LogP contribution < -0.4 is 15.5 Å². The van der Waals surface area contributed by atoms with Crippen LogP contribution in [0, 0.1) is 0 Å². The Kier molecular flexibility index (Phi) is 6.96. The molecule has 7 nitrogen and oxygen atoms in total. The monoisotopic (exact) mass is 502 g/mol. The summed E-state index contributed by atoms with van der Waals surface area (Å²) >= 11 is 8.66. The van der Waals surface area contributed by atoms with E-state index >= 15 is 0 Å². The lowest BCUT2D eigenvalue weighted by Crippen LogP contribution is -2.33. The third kappa shape index (κ3) is 5.63. The lowest BCUT2D eigenvalue weighted by molar-refractivity contribution is -0.116. The largest absolute Gasteiger partial charge is 0.380 e. The first kappa shape index (κ1) is 23.3. The molecular weight excluding hydrogens is 476 g/mol. The molecule has 1 heterocycles. The second-order valence-corrected chi connectivity index (χ2v) is 9.23. The van der Waals surface area contributed by atoms with Crippen LogP contribution in [-0.2, 0) is 4.79 Å². The Morgan fingerprint density at radius 1 is 0.914 bits per heavy atom. The zero-order chi connectivity index (χ0) is 24.2. The van der Waals surface area contributed by atoms with Crippen LogP contribution in [0.4, 0.5) is 17.1 Å². The second-order valence-electron chi connectivity index (χ2n) is 8.43. The highest BCUT2D eigenvalue weighted by Gasteiger charge is 2.42. The zero-order valence-corrected chi connectivity index (χ0v) is 20.7. The highest BCUT2D eigenvalue weighted by Crippen LogP contribution is 2.35. The van der Waals surface area contributed by atoms with Crippen molar-refractivity contribution in [3.05, 3.63) is 84.9 Å². The van der Waals surface area contributed by atoms with E-state index in [0.717, 1.165) is 23.5 Å². The van der Waals surface area contributed by atoms with Crippen molar-refractivity contribution in [2.45, 2.75) is 35.2 Å². The molecule has 0 bridgehead atoms. The van der Waals surface area contributed by atoms with Gasteiger partial charge in [0, 0.05) is 36.1 Å². The van der Waals surface area contributed by atoms with Crippen molar-refractivity contribution in [3.8, 4) is 5.69 Å². The van der Waals surface area contributed by atoms with Gasteiger partial charge in [-0.2, -0.15) is 0 Å². The Morgan fingerprint density at radius 2 is 1.57 bits per heavy atom. The first-order valence-electron chi connectivity index (χ1n) is 11.5. The van der Waals surface area contributed by atoms with Gasteiger partial charge < -0.3 is 15.5 Å². The molecule has 35 heavy (non-hydrogen) atoms. The first-order valence-corrected chi connectivity index (χ1v) is 12.3. The van der Waals surface area contributed by atoms with Gasteiger partial charge in [-0.3, -0.25) is 9.36 Å². The molecule has 1 aromatic heterocycles. The number of hydrogen-bond donors (Lipinski definition) is 4. The molecule has 3 aromatic carbocycles. The first-order chi connectivity index (χ1) is 17.1. The summed E-state index contributed by atoms with van der Waals surface area (Å²) in [6, 6.07) is 28.7. The maximum atomic E-state index is 12.9. The molecule has 0 saturated heterocycles. The molecule has 1 aliphatic rings. The summed E-state index contributed by atoms with van der Waals surface area (Å²) < 4.78 is 1.70. The average molecular weight is 503 g/mol. The maximum absolute atomic E-state index is 12.9. The summed E-state index contributed by atoms with van der Waals surface area (Å²) in [6.45, 7) is 0.625.